The first kappa shape index (κ1) is 58.1. The van der Waals surface area contributed by atoms with Crippen LogP contribution in [-0.2, 0) is 72.3 Å². The highest BCUT2D eigenvalue weighted by atomic mass is 19.1. The number of imidazole rings is 2. The highest BCUT2D eigenvalue weighted by Gasteiger charge is 2.43. The van der Waals surface area contributed by atoms with Crippen molar-refractivity contribution < 1.29 is 18.3 Å². The van der Waals surface area contributed by atoms with Gasteiger partial charge in [0.2, 0.25) is 0 Å². The summed E-state index contributed by atoms with van der Waals surface area (Å²) in [6.07, 6.45) is 11.0. The summed E-state index contributed by atoms with van der Waals surface area (Å²) in [5.74, 6) is 0.166. The van der Waals surface area contributed by atoms with Gasteiger partial charge in [-0.2, -0.15) is 0 Å². The van der Waals surface area contributed by atoms with Crippen molar-refractivity contribution in [2.75, 3.05) is 13.2 Å². The predicted octanol–water partition coefficient (Wildman–Crippen LogP) is 17.5. The zero-order chi connectivity index (χ0) is 60.7. The minimum atomic E-state index is -0.759. The first-order valence-corrected chi connectivity index (χ1v) is 31.7. The number of aromatic nitrogens is 4. The maximum absolute atomic E-state index is 13.8. The molecule has 90 heavy (non-hydrogen) atoms. The highest BCUT2D eigenvalue weighted by Crippen LogP contribution is 2.47. The fourth-order valence-corrected chi connectivity index (χ4v) is 14.4. The molecule has 0 saturated carbocycles. The first-order chi connectivity index (χ1) is 44.4. The lowest BCUT2D eigenvalue weighted by Crippen LogP contribution is -2.39. The van der Waals surface area contributed by atoms with Crippen LogP contribution in [0.3, 0.4) is 0 Å². The number of rotatable bonds is 21. The van der Waals surface area contributed by atoms with E-state index in [2.05, 4.69) is 240 Å². The molecule has 0 amide bonds. The third-order valence-electron chi connectivity index (χ3n) is 18.9. The molecule has 0 saturated heterocycles. The second-order valence-electron chi connectivity index (χ2n) is 24.5. The molecule has 0 bridgehead atoms. The van der Waals surface area contributed by atoms with Gasteiger partial charge in [0.15, 0.2) is 0 Å². The van der Waals surface area contributed by atoms with E-state index in [9.17, 15) is 8.78 Å². The summed E-state index contributed by atoms with van der Waals surface area (Å²) in [7, 11) is 0. The molecule has 2 aromatic heterocycles. The van der Waals surface area contributed by atoms with Gasteiger partial charge >= 0.3 is 0 Å². The van der Waals surface area contributed by atoms with Crippen LogP contribution >= 0.6 is 0 Å². The number of nitrogens with zero attached hydrogens (tertiary/aromatic N) is 4. The lowest BCUT2D eigenvalue weighted by Gasteiger charge is -2.40. The smallest absolute Gasteiger partial charge is 0.123 e. The second-order valence-corrected chi connectivity index (χ2v) is 24.5. The molecule has 0 fully saturated rings. The van der Waals surface area contributed by atoms with E-state index in [1.54, 1.807) is 0 Å². The molecule has 0 aliphatic heterocycles. The Morgan fingerprint density at radius 3 is 1.29 bits per heavy atom. The Bertz CT molecular complexity index is 4260. The van der Waals surface area contributed by atoms with E-state index in [0.29, 0.717) is 38.3 Å². The van der Waals surface area contributed by atoms with E-state index in [1.165, 1.54) is 46.8 Å². The van der Waals surface area contributed by atoms with Crippen molar-refractivity contribution >= 4 is 0 Å². The van der Waals surface area contributed by atoms with Gasteiger partial charge < -0.3 is 18.6 Å². The third kappa shape index (κ3) is 11.7. The molecule has 2 heterocycles. The molecule has 0 radical (unpaired) electrons. The van der Waals surface area contributed by atoms with Crippen molar-refractivity contribution in [3.63, 3.8) is 0 Å². The maximum atomic E-state index is 13.8. The summed E-state index contributed by atoms with van der Waals surface area (Å²) < 4.78 is 45.7. The topological polar surface area (TPSA) is 54.1 Å². The van der Waals surface area contributed by atoms with Crippen molar-refractivity contribution in [2.24, 2.45) is 11.8 Å². The second kappa shape index (κ2) is 26.2. The van der Waals surface area contributed by atoms with Gasteiger partial charge in [0.05, 0.1) is 50.5 Å². The van der Waals surface area contributed by atoms with Gasteiger partial charge in [0, 0.05) is 11.4 Å². The largest absolute Gasteiger partial charge is 0.376 e. The molecule has 2 aliphatic carbocycles. The van der Waals surface area contributed by atoms with Gasteiger partial charge in [-0.05, 0) is 171 Å². The molecule has 10 aromatic carbocycles. The first-order valence-electron chi connectivity index (χ1n) is 31.7. The molecule has 14 rings (SSSR count). The summed E-state index contributed by atoms with van der Waals surface area (Å²) in [6.45, 7) is 2.29. The van der Waals surface area contributed by atoms with E-state index < -0.39 is 11.1 Å². The normalized spacial score (nSPS) is 14.9. The van der Waals surface area contributed by atoms with E-state index in [4.69, 9.17) is 19.4 Å². The monoisotopic (exact) mass is 1180 g/mol. The van der Waals surface area contributed by atoms with Crippen LogP contribution in [0.15, 0.2) is 280 Å². The summed E-state index contributed by atoms with van der Waals surface area (Å²) in [5, 5.41) is 0. The summed E-state index contributed by atoms with van der Waals surface area (Å²) in [5.41, 5.74) is 19.2. The average Bonchev–Trinajstić information content (AvgIpc) is 1.31. The molecule has 2 unspecified atom stereocenters. The fourth-order valence-electron chi connectivity index (χ4n) is 14.4. The van der Waals surface area contributed by atoms with Gasteiger partial charge in [-0.15, -0.1) is 0 Å². The number of hydrogen-bond acceptors (Lipinski definition) is 4. The van der Waals surface area contributed by atoms with Crippen LogP contribution in [0.4, 0.5) is 8.78 Å². The molecule has 8 heteroatoms. The van der Waals surface area contributed by atoms with Crippen LogP contribution in [0, 0.1) is 23.5 Å². The lowest BCUT2D eigenvalue weighted by molar-refractivity contribution is 0.0809. The standard InChI is InChI=1S/C82H72F2N4O2/c83-75-42-32-59(33-43-75)48-64-18-13-15-20-67(64)55-89-53-61-37-47-79-78(50-61)86-58-87(79)82(71-27-9-3-10-28-71,72-29-11-4-12-30-72)74-31-17-22-66(52-74)63-38-40-73(41-39-63)81(69-23-5-1-6-24-69,70-25-7-2-8-26-70)88-57-85-77-46-36-62(51-80(77)88)54-90-56-68-21-16-14-19-65(68)49-60-34-44-76(84)45-35-60/h1-35,38-45,52,57-58,61-62H,36-37,46-51,53-56H2. The SMILES string of the molecule is Fc1ccc(Cc2ccccc2COCC2CCc3c(ncn3C(c3ccccc3)(c3ccccc3)c3cccc(-c4ccc(C(c5ccccc5)(c5ccccc5)n5cnc6c5CC(COCc5ccccc5Cc5ccc(F)cc5)CC6)cc4)c3)C2)cc1. The van der Waals surface area contributed by atoms with Crippen LogP contribution in [-0.4, -0.2) is 32.3 Å². The number of ether oxygens (including phenoxy) is 2. The van der Waals surface area contributed by atoms with Crippen molar-refractivity contribution in [1.82, 2.24) is 19.1 Å². The molecular formula is C82H72F2N4O2. The van der Waals surface area contributed by atoms with Crippen LogP contribution in [0.1, 0.15) is 102 Å². The molecule has 6 nitrogen and oxygen atoms in total. The fraction of sp³-hybridized carbons (Fsp3) is 0.195. The van der Waals surface area contributed by atoms with E-state index >= 15 is 0 Å². The highest BCUT2D eigenvalue weighted by molar-refractivity contribution is 5.68. The van der Waals surface area contributed by atoms with Gasteiger partial charge in [0.25, 0.3) is 0 Å². The number of hydrogen-bond donors (Lipinski definition) is 0. The van der Waals surface area contributed by atoms with Crippen molar-refractivity contribution in [3.8, 4) is 11.1 Å². The number of halogens is 2. The summed E-state index contributed by atoms with van der Waals surface area (Å²) in [6, 6.07) is 92.6. The quantitative estimate of drug-likeness (QED) is 0.0673. The Morgan fingerprint density at radius 1 is 0.367 bits per heavy atom. The van der Waals surface area contributed by atoms with E-state index in [1.807, 2.05) is 24.3 Å². The number of fused-ring (bicyclic) bond motifs is 2. The number of aryl methyl sites for hydroxylation is 1. The van der Waals surface area contributed by atoms with Crippen molar-refractivity contribution in [1.29, 1.82) is 0 Å². The molecule has 12 aromatic rings. The summed E-state index contributed by atoms with van der Waals surface area (Å²) >= 11 is 0. The third-order valence-corrected chi connectivity index (χ3v) is 18.9. The van der Waals surface area contributed by atoms with E-state index in [0.717, 1.165) is 130 Å². The predicted molar refractivity (Wildman–Crippen MR) is 354 cm³/mol. The van der Waals surface area contributed by atoms with Crippen LogP contribution in [0.2, 0.25) is 0 Å². The lowest BCUT2D eigenvalue weighted by atomic mass is 9.74. The summed E-state index contributed by atoms with van der Waals surface area (Å²) in [4.78, 5) is 10.5. The Kier molecular flexibility index (Phi) is 16.9. The Hall–Kier alpha value is -9.60. The van der Waals surface area contributed by atoms with Gasteiger partial charge in [0.1, 0.15) is 22.7 Å². The zero-order valence-electron chi connectivity index (χ0n) is 50.6. The van der Waals surface area contributed by atoms with Crippen molar-refractivity contribution in [2.45, 2.75) is 75.7 Å². The Balaban J connectivity index is 0.769. The Labute approximate surface area is 527 Å². The minimum absolute atomic E-state index is 0.222. The van der Waals surface area contributed by atoms with Crippen LogP contribution < -0.4 is 0 Å². The molecule has 0 spiro atoms. The molecule has 2 atom stereocenters. The van der Waals surface area contributed by atoms with E-state index in [-0.39, 0.29) is 11.6 Å². The molecule has 2 aliphatic rings. The van der Waals surface area contributed by atoms with Crippen LogP contribution in [0.5, 0.6) is 0 Å². The molecule has 446 valence electrons. The number of benzene rings is 10. The average molecular weight is 1180 g/mol. The zero-order valence-corrected chi connectivity index (χ0v) is 50.6. The van der Waals surface area contributed by atoms with Crippen molar-refractivity contribution in [3.05, 3.63) is 381 Å². The van der Waals surface area contributed by atoms with Gasteiger partial charge in [-0.25, -0.2) is 18.7 Å². The van der Waals surface area contributed by atoms with Gasteiger partial charge in [-0.3, -0.25) is 0 Å². The van der Waals surface area contributed by atoms with Crippen LogP contribution in [0.25, 0.3) is 11.1 Å². The minimum Gasteiger partial charge on any atom is -0.376 e. The van der Waals surface area contributed by atoms with Gasteiger partial charge in [-0.1, -0.05) is 237 Å². The Morgan fingerprint density at radius 2 is 0.778 bits per heavy atom. The molecule has 0 N–H and O–H groups in total. The molecular weight excluding hydrogens is 1110 g/mol. The maximum Gasteiger partial charge on any atom is 0.123 e.